The molecule has 0 unspecified atom stereocenters. The first-order valence-corrected chi connectivity index (χ1v) is 20.4. The van der Waals surface area contributed by atoms with Crippen molar-refractivity contribution in [3.8, 4) is 11.5 Å². The predicted molar refractivity (Wildman–Crippen MR) is 205 cm³/mol. The van der Waals surface area contributed by atoms with E-state index in [0.29, 0.717) is 55.4 Å². The zero-order chi connectivity index (χ0) is 37.1. The Morgan fingerprint density at radius 3 is 1.96 bits per heavy atom. The maximum absolute atomic E-state index is 13.3. The summed E-state index contributed by atoms with van der Waals surface area (Å²) < 4.78 is 30.2. The molecule has 0 aromatic heterocycles. The van der Waals surface area contributed by atoms with Crippen molar-refractivity contribution in [2.75, 3.05) is 11.9 Å². The summed E-state index contributed by atoms with van der Waals surface area (Å²) in [6.45, 7) is 18.0. The van der Waals surface area contributed by atoms with Crippen LogP contribution in [0.1, 0.15) is 80.6 Å². The summed E-state index contributed by atoms with van der Waals surface area (Å²) >= 11 is 0. The fraction of sp³-hybridized carbons (Fsp3) is 0.381. The molecule has 0 spiro atoms. The van der Waals surface area contributed by atoms with Crippen LogP contribution in [-0.2, 0) is 40.1 Å². The van der Waals surface area contributed by atoms with E-state index in [2.05, 4.69) is 39.2 Å². The summed E-state index contributed by atoms with van der Waals surface area (Å²) in [7, 11) is -1.96. The van der Waals surface area contributed by atoms with E-state index < -0.39 is 26.0 Å². The maximum atomic E-state index is 13.3. The SMILES string of the molecule is CC(C)(C)OC(=O)Nc1ccc(C(=O)OCc2ccccc2)c(CCCOc2cc(CO[Si](C)(C)C(C)(C)C)ccc2OCc2ccccc2)c1. The number of esters is 1. The smallest absolute Gasteiger partial charge is 0.412 e. The van der Waals surface area contributed by atoms with Gasteiger partial charge in [0.15, 0.2) is 19.8 Å². The van der Waals surface area contributed by atoms with E-state index >= 15 is 0 Å². The standard InChI is InChI=1S/C42H53NO7Si/c1-41(2,3)50-40(45)43-35-22-23-36(39(44)48-29-32-18-13-10-14-19-32)34(27-35)20-15-25-46-38-26-33(30-49-51(7,8)42(4,5)6)21-24-37(38)47-28-31-16-11-9-12-17-31/h9-14,16-19,21-24,26-27H,15,20,25,28-30H2,1-8H3,(H,43,45). The normalized spacial score (nSPS) is 11.8. The largest absolute Gasteiger partial charge is 0.490 e. The van der Waals surface area contributed by atoms with E-state index in [1.54, 1.807) is 39.0 Å². The maximum Gasteiger partial charge on any atom is 0.412 e. The molecule has 4 aromatic rings. The third kappa shape index (κ3) is 12.6. The Morgan fingerprint density at radius 2 is 1.33 bits per heavy atom. The van der Waals surface area contributed by atoms with Gasteiger partial charge in [0.1, 0.15) is 18.8 Å². The Labute approximate surface area is 304 Å². The molecule has 4 rings (SSSR count). The third-order valence-electron chi connectivity index (χ3n) is 8.68. The van der Waals surface area contributed by atoms with Gasteiger partial charge in [0, 0.05) is 5.69 Å². The molecule has 0 fully saturated rings. The first-order chi connectivity index (χ1) is 24.1. The molecule has 0 heterocycles. The number of aryl methyl sites for hydroxylation is 1. The molecular weight excluding hydrogens is 659 g/mol. The minimum Gasteiger partial charge on any atom is -0.490 e. The van der Waals surface area contributed by atoms with Gasteiger partial charge in [-0.15, -0.1) is 0 Å². The molecule has 8 nitrogen and oxygen atoms in total. The summed E-state index contributed by atoms with van der Waals surface area (Å²) in [5.74, 6) is 0.832. The summed E-state index contributed by atoms with van der Waals surface area (Å²) in [5.41, 5.74) is 3.98. The molecule has 0 radical (unpaired) electrons. The quantitative estimate of drug-likeness (QED) is 0.0745. The highest BCUT2D eigenvalue weighted by Crippen LogP contribution is 2.38. The van der Waals surface area contributed by atoms with Gasteiger partial charge in [-0.1, -0.05) is 87.5 Å². The molecule has 1 N–H and O–H groups in total. The molecule has 1 amide bonds. The van der Waals surface area contributed by atoms with Crippen molar-refractivity contribution in [1.82, 2.24) is 0 Å². The lowest BCUT2D eigenvalue weighted by atomic mass is 10.0. The van der Waals surface area contributed by atoms with Crippen molar-refractivity contribution in [1.29, 1.82) is 0 Å². The van der Waals surface area contributed by atoms with E-state index in [9.17, 15) is 9.59 Å². The molecule has 272 valence electrons. The van der Waals surface area contributed by atoms with Crippen LogP contribution in [0.2, 0.25) is 18.1 Å². The van der Waals surface area contributed by atoms with E-state index in [1.165, 1.54) is 0 Å². The molecule has 4 aromatic carbocycles. The second kappa shape index (κ2) is 17.6. The second-order valence-corrected chi connectivity index (χ2v) is 19.9. The molecule has 51 heavy (non-hydrogen) atoms. The van der Waals surface area contributed by atoms with E-state index in [0.717, 1.165) is 22.3 Å². The van der Waals surface area contributed by atoms with Crippen molar-refractivity contribution in [2.24, 2.45) is 0 Å². The average Bonchev–Trinajstić information content (AvgIpc) is 3.07. The Kier molecular flexibility index (Phi) is 13.5. The lowest BCUT2D eigenvalue weighted by molar-refractivity contribution is 0.0471. The predicted octanol–water partition coefficient (Wildman–Crippen LogP) is 10.5. The Morgan fingerprint density at radius 1 is 0.686 bits per heavy atom. The van der Waals surface area contributed by atoms with Crippen LogP contribution in [0.25, 0.3) is 0 Å². The molecule has 0 aliphatic heterocycles. The second-order valence-electron chi connectivity index (χ2n) is 15.1. The topological polar surface area (TPSA) is 92.3 Å². The molecular formula is C42H53NO7Si. The minimum atomic E-state index is -1.96. The highest BCUT2D eigenvalue weighted by molar-refractivity contribution is 6.74. The van der Waals surface area contributed by atoms with E-state index in [-0.39, 0.29) is 11.6 Å². The number of ether oxygens (including phenoxy) is 4. The van der Waals surface area contributed by atoms with Gasteiger partial charge in [-0.05, 0) is 104 Å². The number of anilines is 1. The first kappa shape index (κ1) is 39.2. The first-order valence-electron chi connectivity index (χ1n) is 17.5. The Hall–Kier alpha value is -4.60. The molecule has 0 bridgehead atoms. The molecule has 0 saturated carbocycles. The number of nitrogens with one attached hydrogen (secondary N) is 1. The zero-order valence-electron chi connectivity index (χ0n) is 31.3. The average molecular weight is 712 g/mol. The number of carbonyl (C=O) groups is 2. The number of benzene rings is 4. The van der Waals surface area contributed by atoms with Gasteiger partial charge in [0.2, 0.25) is 0 Å². The summed E-state index contributed by atoms with van der Waals surface area (Å²) in [6.07, 6.45) is 0.503. The van der Waals surface area contributed by atoms with Crippen molar-refractivity contribution in [3.63, 3.8) is 0 Å². The van der Waals surface area contributed by atoms with Crippen LogP contribution in [0.15, 0.2) is 97.1 Å². The lowest BCUT2D eigenvalue weighted by Gasteiger charge is -2.36. The van der Waals surface area contributed by atoms with Crippen LogP contribution < -0.4 is 14.8 Å². The fourth-order valence-electron chi connectivity index (χ4n) is 4.83. The number of amides is 1. The lowest BCUT2D eigenvalue weighted by Crippen LogP contribution is -2.40. The summed E-state index contributed by atoms with van der Waals surface area (Å²) in [4.78, 5) is 25.8. The highest BCUT2D eigenvalue weighted by Gasteiger charge is 2.37. The minimum absolute atomic E-state index is 0.0949. The van der Waals surface area contributed by atoms with Crippen LogP contribution >= 0.6 is 0 Å². The number of hydrogen-bond donors (Lipinski definition) is 1. The summed E-state index contributed by atoms with van der Waals surface area (Å²) in [6, 6.07) is 30.6. The van der Waals surface area contributed by atoms with Gasteiger partial charge < -0.3 is 23.4 Å². The van der Waals surface area contributed by atoms with Gasteiger partial charge in [0.05, 0.1) is 18.8 Å². The van der Waals surface area contributed by atoms with Crippen molar-refractivity contribution < 1.29 is 33.0 Å². The number of rotatable bonds is 15. The summed E-state index contributed by atoms with van der Waals surface area (Å²) in [5, 5.41) is 2.88. The van der Waals surface area contributed by atoms with Crippen molar-refractivity contribution in [2.45, 2.75) is 97.9 Å². The number of hydrogen-bond acceptors (Lipinski definition) is 7. The van der Waals surface area contributed by atoms with Gasteiger partial charge in [-0.25, -0.2) is 9.59 Å². The van der Waals surface area contributed by atoms with E-state index in [1.807, 2.05) is 78.9 Å². The monoisotopic (exact) mass is 711 g/mol. The highest BCUT2D eigenvalue weighted by atomic mass is 28.4. The molecule has 0 saturated heterocycles. The van der Waals surface area contributed by atoms with Gasteiger partial charge in [0.25, 0.3) is 0 Å². The molecule has 0 atom stereocenters. The van der Waals surface area contributed by atoms with Gasteiger partial charge in [-0.3, -0.25) is 5.32 Å². The van der Waals surface area contributed by atoms with Crippen LogP contribution in [0.5, 0.6) is 11.5 Å². The van der Waals surface area contributed by atoms with Gasteiger partial charge >= 0.3 is 12.1 Å². The Bertz CT molecular complexity index is 1730. The zero-order valence-corrected chi connectivity index (χ0v) is 32.3. The molecule has 9 heteroatoms. The molecule has 0 aliphatic carbocycles. The third-order valence-corrected chi connectivity index (χ3v) is 13.2. The fourth-order valence-corrected chi connectivity index (χ4v) is 5.79. The van der Waals surface area contributed by atoms with Gasteiger partial charge in [-0.2, -0.15) is 0 Å². The number of carbonyl (C=O) groups excluding carboxylic acids is 2. The van der Waals surface area contributed by atoms with Crippen molar-refractivity contribution in [3.05, 3.63) is 125 Å². The van der Waals surface area contributed by atoms with Crippen LogP contribution in [0.4, 0.5) is 10.5 Å². The Balaban J connectivity index is 1.49. The molecule has 0 aliphatic rings. The van der Waals surface area contributed by atoms with Crippen LogP contribution in [0, 0.1) is 0 Å². The van der Waals surface area contributed by atoms with Crippen molar-refractivity contribution >= 4 is 26.1 Å². The van der Waals surface area contributed by atoms with E-state index in [4.69, 9.17) is 23.4 Å². The van der Waals surface area contributed by atoms with Crippen LogP contribution in [-0.4, -0.2) is 32.6 Å². The van der Waals surface area contributed by atoms with Crippen LogP contribution in [0.3, 0.4) is 0 Å².